The highest BCUT2D eigenvalue weighted by Gasteiger charge is 2.09. The minimum Gasteiger partial charge on any atom is -0.505 e. The number of phenols is 1. The number of rotatable bonds is 4. The molecular weight excluding hydrogens is 245 g/mol. The van der Waals surface area contributed by atoms with Crippen molar-refractivity contribution in [3.63, 3.8) is 0 Å². The van der Waals surface area contributed by atoms with Crippen LogP contribution in [-0.4, -0.2) is 19.3 Å². The average Bonchev–Trinajstić information content (AvgIpc) is 2.44. The molecule has 2 aromatic carbocycles. The van der Waals surface area contributed by atoms with Crippen molar-refractivity contribution in [2.24, 2.45) is 0 Å². The van der Waals surface area contributed by atoms with E-state index in [2.05, 4.69) is 0 Å². The molecule has 100 valence electrons. The number of para-hydroxylation sites is 1. The third-order valence-corrected chi connectivity index (χ3v) is 2.99. The van der Waals surface area contributed by atoms with E-state index in [-0.39, 0.29) is 5.75 Å². The molecular formula is C15H16FNO2. The van der Waals surface area contributed by atoms with Gasteiger partial charge in [-0.15, -0.1) is 0 Å². The second-order valence-electron chi connectivity index (χ2n) is 4.30. The van der Waals surface area contributed by atoms with Gasteiger partial charge in [0.05, 0.1) is 7.11 Å². The van der Waals surface area contributed by atoms with Crippen molar-refractivity contribution in [2.75, 3.05) is 19.1 Å². The molecule has 0 aromatic heterocycles. The van der Waals surface area contributed by atoms with Crippen LogP contribution in [0.25, 0.3) is 0 Å². The lowest BCUT2D eigenvalue weighted by molar-refractivity contribution is 0.415. The van der Waals surface area contributed by atoms with Gasteiger partial charge in [0.15, 0.2) is 11.6 Å². The molecule has 2 rings (SSSR count). The van der Waals surface area contributed by atoms with Crippen LogP contribution in [0.1, 0.15) is 5.56 Å². The third kappa shape index (κ3) is 2.96. The summed E-state index contributed by atoms with van der Waals surface area (Å²) in [7, 11) is 3.50. The van der Waals surface area contributed by atoms with E-state index in [0.717, 1.165) is 11.4 Å². The van der Waals surface area contributed by atoms with E-state index in [1.807, 2.05) is 36.2 Å². The molecule has 1 N–H and O–H groups in total. The van der Waals surface area contributed by atoms with E-state index in [9.17, 15) is 9.50 Å². The zero-order valence-corrected chi connectivity index (χ0v) is 10.9. The summed E-state index contributed by atoms with van der Waals surface area (Å²) in [6.45, 7) is 0.427. The second-order valence-corrected chi connectivity index (χ2v) is 4.30. The maximum atomic E-state index is 13.2. The monoisotopic (exact) mass is 261 g/mol. The number of methoxy groups -OCH3 is 1. The average molecular weight is 261 g/mol. The van der Waals surface area contributed by atoms with Crippen molar-refractivity contribution in [1.29, 1.82) is 0 Å². The molecule has 0 unspecified atom stereocenters. The Balaban J connectivity index is 2.15. The molecule has 0 bridgehead atoms. The number of nitrogens with zero attached hydrogens (tertiary/aromatic N) is 1. The van der Waals surface area contributed by atoms with E-state index in [1.165, 1.54) is 6.07 Å². The van der Waals surface area contributed by atoms with Crippen molar-refractivity contribution < 1.29 is 14.2 Å². The Labute approximate surface area is 111 Å². The number of aromatic hydroxyl groups is 1. The van der Waals surface area contributed by atoms with Gasteiger partial charge in [-0.1, -0.05) is 12.1 Å². The Hall–Kier alpha value is -2.23. The summed E-state index contributed by atoms with van der Waals surface area (Å²) >= 11 is 0. The largest absolute Gasteiger partial charge is 0.505 e. The van der Waals surface area contributed by atoms with Gasteiger partial charge in [-0.25, -0.2) is 4.39 Å². The first-order valence-corrected chi connectivity index (χ1v) is 5.93. The van der Waals surface area contributed by atoms with Gasteiger partial charge in [-0.3, -0.25) is 0 Å². The number of hydrogen-bond acceptors (Lipinski definition) is 3. The van der Waals surface area contributed by atoms with Crippen LogP contribution >= 0.6 is 0 Å². The summed E-state index contributed by atoms with van der Waals surface area (Å²) in [4.78, 5) is 1.92. The van der Waals surface area contributed by atoms with Gasteiger partial charge in [-0.2, -0.15) is 0 Å². The molecule has 0 fully saturated rings. The molecule has 2 aromatic rings. The van der Waals surface area contributed by atoms with Gasteiger partial charge in [0.2, 0.25) is 0 Å². The highest BCUT2D eigenvalue weighted by Crippen LogP contribution is 2.25. The predicted octanol–water partition coefficient (Wildman–Crippen LogP) is 3.18. The molecule has 0 spiro atoms. The Morgan fingerprint density at radius 1 is 1.16 bits per heavy atom. The van der Waals surface area contributed by atoms with Gasteiger partial charge >= 0.3 is 0 Å². The molecule has 0 aliphatic carbocycles. The molecule has 4 heteroatoms. The first-order chi connectivity index (χ1) is 9.11. The van der Waals surface area contributed by atoms with Crippen LogP contribution in [0.4, 0.5) is 10.1 Å². The topological polar surface area (TPSA) is 32.7 Å². The van der Waals surface area contributed by atoms with E-state index >= 15 is 0 Å². The molecule has 0 amide bonds. The standard InChI is InChI=1S/C15H16FNO2/c1-17(12-6-8-13(19-2)9-7-12)10-11-4-3-5-14(16)15(11)18/h3-9,18H,10H2,1-2H3. The smallest absolute Gasteiger partial charge is 0.165 e. The highest BCUT2D eigenvalue weighted by atomic mass is 19.1. The fraction of sp³-hybridized carbons (Fsp3) is 0.200. The number of phenolic OH excluding ortho intramolecular Hbond substituents is 1. The third-order valence-electron chi connectivity index (χ3n) is 2.99. The Kier molecular flexibility index (Phi) is 3.90. The van der Waals surface area contributed by atoms with Gasteiger partial charge < -0.3 is 14.7 Å². The lowest BCUT2D eigenvalue weighted by Gasteiger charge is -2.20. The minimum atomic E-state index is -0.597. The normalized spacial score (nSPS) is 10.3. The molecule has 3 nitrogen and oxygen atoms in total. The molecule has 0 atom stereocenters. The summed E-state index contributed by atoms with van der Waals surface area (Å²) in [5, 5.41) is 9.65. The number of ether oxygens (including phenoxy) is 1. The molecule has 0 radical (unpaired) electrons. The Morgan fingerprint density at radius 3 is 2.47 bits per heavy atom. The summed E-state index contributed by atoms with van der Waals surface area (Å²) in [5.74, 6) is -0.103. The van der Waals surface area contributed by atoms with E-state index < -0.39 is 5.82 Å². The lowest BCUT2D eigenvalue weighted by Crippen LogP contribution is -2.16. The van der Waals surface area contributed by atoms with Crippen LogP contribution in [0, 0.1) is 5.82 Å². The second kappa shape index (κ2) is 5.61. The van der Waals surface area contributed by atoms with Crippen molar-refractivity contribution in [1.82, 2.24) is 0 Å². The van der Waals surface area contributed by atoms with Crippen LogP contribution in [0.3, 0.4) is 0 Å². The van der Waals surface area contributed by atoms with Crippen molar-refractivity contribution in [3.05, 3.63) is 53.8 Å². The van der Waals surface area contributed by atoms with Crippen molar-refractivity contribution in [2.45, 2.75) is 6.54 Å². The first-order valence-electron chi connectivity index (χ1n) is 5.93. The molecule has 0 aliphatic heterocycles. The lowest BCUT2D eigenvalue weighted by atomic mass is 10.1. The summed E-state index contributed by atoms with van der Waals surface area (Å²) in [5.41, 5.74) is 1.52. The molecule has 0 aliphatic rings. The predicted molar refractivity (Wildman–Crippen MR) is 73.2 cm³/mol. The number of halogens is 1. The van der Waals surface area contributed by atoms with Crippen molar-refractivity contribution in [3.8, 4) is 11.5 Å². The number of anilines is 1. The fourth-order valence-corrected chi connectivity index (χ4v) is 1.87. The molecule has 0 saturated heterocycles. The summed E-state index contributed by atoms with van der Waals surface area (Å²) in [6.07, 6.45) is 0. The zero-order valence-electron chi connectivity index (χ0n) is 10.9. The van der Waals surface area contributed by atoms with Crippen LogP contribution in [0.5, 0.6) is 11.5 Å². The van der Waals surface area contributed by atoms with E-state index in [0.29, 0.717) is 12.1 Å². The van der Waals surface area contributed by atoms with Crippen LogP contribution in [0.2, 0.25) is 0 Å². The maximum absolute atomic E-state index is 13.2. The first kappa shape index (κ1) is 13.2. The van der Waals surface area contributed by atoms with Gasteiger partial charge in [-0.05, 0) is 30.3 Å². The number of benzene rings is 2. The Bertz CT molecular complexity index is 555. The van der Waals surface area contributed by atoms with Crippen molar-refractivity contribution >= 4 is 5.69 Å². The zero-order chi connectivity index (χ0) is 13.8. The SMILES string of the molecule is COc1ccc(N(C)Cc2cccc(F)c2O)cc1. The fourth-order valence-electron chi connectivity index (χ4n) is 1.87. The quantitative estimate of drug-likeness (QED) is 0.917. The maximum Gasteiger partial charge on any atom is 0.165 e. The van der Waals surface area contributed by atoms with Crippen LogP contribution in [-0.2, 0) is 6.54 Å². The van der Waals surface area contributed by atoms with Crippen LogP contribution in [0.15, 0.2) is 42.5 Å². The highest BCUT2D eigenvalue weighted by molar-refractivity contribution is 5.49. The Morgan fingerprint density at radius 2 is 1.84 bits per heavy atom. The molecule has 19 heavy (non-hydrogen) atoms. The van der Waals surface area contributed by atoms with E-state index in [1.54, 1.807) is 19.2 Å². The summed E-state index contributed by atoms with van der Waals surface area (Å²) < 4.78 is 18.3. The van der Waals surface area contributed by atoms with Gasteiger partial charge in [0.1, 0.15) is 5.75 Å². The van der Waals surface area contributed by atoms with Gasteiger partial charge in [0.25, 0.3) is 0 Å². The van der Waals surface area contributed by atoms with E-state index in [4.69, 9.17) is 4.74 Å². The summed E-state index contributed by atoms with van der Waals surface area (Å²) in [6, 6.07) is 12.1. The molecule has 0 saturated carbocycles. The number of hydrogen-bond donors (Lipinski definition) is 1. The van der Waals surface area contributed by atoms with Crippen LogP contribution < -0.4 is 9.64 Å². The van der Waals surface area contributed by atoms with Gasteiger partial charge in [0, 0.05) is 24.8 Å². The molecule has 0 heterocycles. The minimum absolute atomic E-state index is 0.289.